The van der Waals surface area contributed by atoms with Gasteiger partial charge in [0, 0.05) is 5.56 Å². The number of hydrogen-bond donors (Lipinski definition) is 1. The third-order valence-electron chi connectivity index (χ3n) is 5.11. The molecular formula is C26H30O3. The third-order valence-corrected chi connectivity index (χ3v) is 5.11. The number of phenolic OH excluding ortho intramolecular Hbond substituents is 1. The number of rotatable bonds is 10. The second-order valence-electron chi connectivity index (χ2n) is 7.34. The Kier molecular flexibility index (Phi) is 7.71. The number of allylic oxidation sites excluding steroid dienone is 1. The minimum Gasteiger partial charge on any atom is -0.507 e. The van der Waals surface area contributed by atoms with E-state index in [4.69, 9.17) is 9.47 Å². The molecule has 0 aliphatic carbocycles. The number of ether oxygens (including phenoxy) is 2. The Morgan fingerprint density at radius 1 is 1.14 bits per heavy atom. The first-order valence-corrected chi connectivity index (χ1v) is 10.3. The highest BCUT2D eigenvalue weighted by Crippen LogP contribution is 2.29. The third kappa shape index (κ3) is 6.10. The topological polar surface area (TPSA) is 38.7 Å². The molecule has 0 bridgehead atoms. The first-order valence-electron chi connectivity index (χ1n) is 10.3. The predicted octanol–water partition coefficient (Wildman–Crippen LogP) is 6.32. The molecule has 3 rings (SSSR count). The number of para-hydroxylation sites is 2. The lowest BCUT2D eigenvalue weighted by molar-refractivity contribution is 0.116. The number of benzene rings is 2. The molecule has 152 valence electrons. The van der Waals surface area contributed by atoms with Gasteiger partial charge >= 0.3 is 0 Å². The van der Waals surface area contributed by atoms with Crippen LogP contribution in [0, 0.1) is 0 Å². The Morgan fingerprint density at radius 3 is 2.66 bits per heavy atom. The minimum absolute atomic E-state index is 0.0477. The molecule has 0 saturated heterocycles. The van der Waals surface area contributed by atoms with Crippen LogP contribution in [0.15, 0.2) is 84.0 Å². The van der Waals surface area contributed by atoms with E-state index < -0.39 is 0 Å². The van der Waals surface area contributed by atoms with Gasteiger partial charge in [-0.3, -0.25) is 0 Å². The van der Waals surface area contributed by atoms with Gasteiger partial charge in [-0.25, -0.2) is 0 Å². The van der Waals surface area contributed by atoms with Gasteiger partial charge in [-0.05, 0) is 48.6 Å². The lowest BCUT2D eigenvalue weighted by Gasteiger charge is -2.18. The first kappa shape index (κ1) is 20.9. The van der Waals surface area contributed by atoms with E-state index in [1.807, 2.05) is 48.5 Å². The second-order valence-corrected chi connectivity index (χ2v) is 7.34. The fourth-order valence-corrected chi connectivity index (χ4v) is 3.59. The fourth-order valence-electron chi connectivity index (χ4n) is 3.59. The van der Waals surface area contributed by atoms with Gasteiger partial charge in [0.05, 0.1) is 12.7 Å². The lowest BCUT2D eigenvalue weighted by atomic mass is 9.95. The molecule has 29 heavy (non-hydrogen) atoms. The van der Waals surface area contributed by atoms with E-state index in [9.17, 15) is 5.11 Å². The van der Waals surface area contributed by atoms with Gasteiger partial charge in [-0.15, -0.1) is 0 Å². The minimum atomic E-state index is 0.0477. The van der Waals surface area contributed by atoms with Crippen LogP contribution in [-0.4, -0.2) is 24.4 Å². The van der Waals surface area contributed by atoms with Gasteiger partial charge in [-0.1, -0.05) is 74.0 Å². The van der Waals surface area contributed by atoms with Gasteiger partial charge in [0.15, 0.2) is 0 Å². The van der Waals surface area contributed by atoms with Crippen LogP contribution in [0.3, 0.4) is 0 Å². The maximum atomic E-state index is 10.1. The molecule has 1 unspecified atom stereocenters. The zero-order chi connectivity index (χ0) is 20.5. The zero-order valence-corrected chi connectivity index (χ0v) is 17.1. The lowest BCUT2D eigenvalue weighted by Crippen LogP contribution is -2.15. The van der Waals surface area contributed by atoms with Gasteiger partial charge in [0.2, 0.25) is 0 Å². The molecule has 0 spiro atoms. The molecule has 0 radical (unpaired) electrons. The molecule has 1 aliphatic heterocycles. The van der Waals surface area contributed by atoms with Crippen molar-refractivity contribution in [2.24, 2.45) is 0 Å². The average molecular weight is 391 g/mol. The molecule has 0 saturated carbocycles. The number of phenols is 1. The second kappa shape index (κ2) is 10.7. The van der Waals surface area contributed by atoms with Crippen molar-refractivity contribution in [2.45, 2.75) is 38.7 Å². The van der Waals surface area contributed by atoms with Crippen molar-refractivity contribution in [3.63, 3.8) is 0 Å². The summed E-state index contributed by atoms with van der Waals surface area (Å²) in [6, 6.07) is 17.3. The summed E-state index contributed by atoms with van der Waals surface area (Å²) in [5.41, 5.74) is 4.33. The molecule has 2 aromatic rings. The monoisotopic (exact) mass is 390 g/mol. The molecule has 1 heterocycles. The normalized spacial score (nSPS) is 16.5. The Morgan fingerprint density at radius 2 is 1.90 bits per heavy atom. The standard InChI is InChI=1S/C26H30O3/c1-3-9-21(18-22-10-7-8-13-25(22)27)14-15-26-24(16-17-28-26)20(2)19-29-23-11-5-4-6-12-23/h4-8,10-13,16,18,26-27H,2-3,9,14-15,17,19H2,1H3/b21-18+. The van der Waals surface area contributed by atoms with Crippen LogP contribution >= 0.6 is 0 Å². The highest BCUT2D eigenvalue weighted by Gasteiger charge is 2.22. The van der Waals surface area contributed by atoms with Crippen LogP contribution in [-0.2, 0) is 4.74 Å². The van der Waals surface area contributed by atoms with Gasteiger partial charge < -0.3 is 14.6 Å². The molecule has 0 amide bonds. The smallest absolute Gasteiger partial charge is 0.122 e. The summed E-state index contributed by atoms with van der Waals surface area (Å²) in [6.45, 7) is 7.49. The summed E-state index contributed by atoms with van der Waals surface area (Å²) in [7, 11) is 0. The summed E-state index contributed by atoms with van der Waals surface area (Å²) in [5, 5.41) is 10.1. The van der Waals surface area contributed by atoms with Crippen LogP contribution in [0.1, 0.15) is 38.2 Å². The molecule has 1 aliphatic rings. The zero-order valence-electron chi connectivity index (χ0n) is 17.1. The van der Waals surface area contributed by atoms with Crippen LogP contribution < -0.4 is 4.74 Å². The molecule has 1 atom stereocenters. The van der Waals surface area contributed by atoms with Crippen LogP contribution in [0.5, 0.6) is 11.5 Å². The molecular weight excluding hydrogens is 360 g/mol. The Hall–Kier alpha value is -2.78. The highest BCUT2D eigenvalue weighted by molar-refractivity contribution is 5.59. The van der Waals surface area contributed by atoms with E-state index in [1.165, 1.54) is 5.57 Å². The van der Waals surface area contributed by atoms with E-state index in [-0.39, 0.29) is 6.10 Å². The van der Waals surface area contributed by atoms with E-state index in [0.717, 1.165) is 48.1 Å². The Bertz CT molecular complexity index is 865. The molecule has 2 aromatic carbocycles. The first-order chi connectivity index (χ1) is 14.2. The largest absolute Gasteiger partial charge is 0.507 e. The Balaban J connectivity index is 1.58. The van der Waals surface area contributed by atoms with Gasteiger partial charge in [0.1, 0.15) is 18.1 Å². The van der Waals surface area contributed by atoms with Crippen LogP contribution in [0.4, 0.5) is 0 Å². The summed E-state index contributed by atoms with van der Waals surface area (Å²) < 4.78 is 11.8. The van der Waals surface area contributed by atoms with Crippen LogP contribution in [0.2, 0.25) is 0 Å². The van der Waals surface area contributed by atoms with Crippen molar-refractivity contribution in [3.05, 3.63) is 89.5 Å². The summed E-state index contributed by atoms with van der Waals surface area (Å²) in [5.74, 6) is 1.17. The SMILES string of the molecule is C=C(COc1ccccc1)C1=CCOC1CC/C(=C/c1ccccc1O)CCC. The number of hydrogen-bond acceptors (Lipinski definition) is 3. The number of aromatic hydroxyl groups is 1. The van der Waals surface area contributed by atoms with Crippen molar-refractivity contribution in [2.75, 3.05) is 13.2 Å². The van der Waals surface area contributed by atoms with Crippen molar-refractivity contribution >= 4 is 6.08 Å². The van der Waals surface area contributed by atoms with Gasteiger partial charge in [-0.2, -0.15) is 0 Å². The van der Waals surface area contributed by atoms with Crippen molar-refractivity contribution < 1.29 is 14.6 Å². The van der Waals surface area contributed by atoms with E-state index in [1.54, 1.807) is 6.07 Å². The fraction of sp³-hybridized carbons (Fsp3) is 0.308. The van der Waals surface area contributed by atoms with Gasteiger partial charge in [0.25, 0.3) is 0 Å². The summed E-state index contributed by atoms with van der Waals surface area (Å²) in [6.07, 6.45) is 8.19. The van der Waals surface area contributed by atoms with E-state index in [0.29, 0.717) is 19.0 Å². The van der Waals surface area contributed by atoms with Crippen molar-refractivity contribution in [1.82, 2.24) is 0 Å². The molecule has 0 fully saturated rings. The maximum Gasteiger partial charge on any atom is 0.122 e. The molecule has 0 aromatic heterocycles. The quantitative estimate of drug-likeness (QED) is 0.516. The summed E-state index contributed by atoms with van der Waals surface area (Å²) in [4.78, 5) is 0. The maximum absolute atomic E-state index is 10.1. The van der Waals surface area contributed by atoms with Crippen molar-refractivity contribution in [1.29, 1.82) is 0 Å². The van der Waals surface area contributed by atoms with E-state index >= 15 is 0 Å². The van der Waals surface area contributed by atoms with E-state index in [2.05, 4.69) is 25.7 Å². The predicted molar refractivity (Wildman–Crippen MR) is 119 cm³/mol. The molecule has 3 nitrogen and oxygen atoms in total. The molecule has 1 N–H and O–H groups in total. The Labute approximate surface area is 174 Å². The summed E-state index contributed by atoms with van der Waals surface area (Å²) >= 11 is 0. The van der Waals surface area contributed by atoms with Crippen molar-refractivity contribution in [3.8, 4) is 11.5 Å². The highest BCUT2D eigenvalue weighted by atomic mass is 16.5. The van der Waals surface area contributed by atoms with Crippen LogP contribution in [0.25, 0.3) is 6.08 Å². The molecule has 3 heteroatoms. The average Bonchev–Trinajstić information content (AvgIpc) is 3.21.